The van der Waals surface area contributed by atoms with Gasteiger partial charge in [-0.3, -0.25) is 4.79 Å². The summed E-state index contributed by atoms with van der Waals surface area (Å²) in [5, 5.41) is 0. The minimum atomic E-state index is -0.356. The molecular formula is C24H22N2O3. The molecule has 0 saturated carbocycles. The van der Waals surface area contributed by atoms with E-state index < -0.39 is 0 Å². The molecule has 0 aliphatic carbocycles. The maximum Gasteiger partial charge on any atom is 0.337 e. The van der Waals surface area contributed by atoms with Crippen LogP contribution in [0.3, 0.4) is 0 Å². The molecule has 0 radical (unpaired) electrons. The summed E-state index contributed by atoms with van der Waals surface area (Å²) >= 11 is 0. The molecule has 0 atom stereocenters. The Labute approximate surface area is 169 Å². The normalized spacial score (nSPS) is 14.4. The highest BCUT2D eigenvalue weighted by atomic mass is 16.5. The van der Waals surface area contributed by atoms with Gasteiger partial charge in [-0.15, -0.1) is 0 Å². The van der Waals surface area contributed by atoms with Crippen LogP contribution in [-0.2, 0) is 9.53 Å². The van der Waals surface area contributed by atoms with Crippen molar-refractivity contribution in [3.63, 3.8) is 0 Å². The Morgan fingerprint density at radius 3 is 2.41 bits per heavy atom. The first-order valence-electron chi connectivity index (χ1n) is 9.39. The molecule has 1 aromatic heterocycles. The zero-order valence-electron chi connectivity index (χ0n) is 16.9. The molecule has 0 N–H and O–H groups in total. The maximum atomic E-state index is 12.8. The van der Waals surface area contributed by atoms with Gasteiger partial charge >= 0.3 is 5.97 Å². The van der Waals surface area contributed by atoms with Gasteiger partial charge in [-0.25, -0.2) is 4.79 Å². The van der Waals surface area contributed by atoms with Crippen molar-refractivity contribution < 1.29 is 14.3 Å². The summed E-state index contributed by atoms with van der Waals surface area (Å²) in [6, 6.07) is 17.2. The number of benzene rings is 2. The molecule has 5 nitrogen and oxygen atoms in total. The van der Waals surface area contributed by atoms with Gasteiger partial charge in [0.25, 0.3) is 5.91 Å². The SMILES string of the molecule is COC(=O)c1ccc(-n2c(C)cc(/C=C3/C(=O)N(C)c4ccccc43)c2C)cc1. The number of esters is 1. The van der Waals surface area contributed by atoms with Crippen molar-refractivity contribution in [2.75, 3.05) is 19.1 Å². The first kappa shape index (κ1) is 18.7. The standard InChI is InChI=1S/C24H22N2O3/c1-15-13-18(14-21-20-7-5-6-8-22(20)25(3)23(21)27)16(2)26(15)19-11-9-17(10-12-19)24(28)29-4/h5-14H,1-4H3/b21-14+. The third kappa shape index (κ3) is 3.05. The van der Waals surface area contributed by atoms with Crippen LogP contribution in [0.5, 0.6) is 0 Å². The summed E-state index contributed by atoms with van der Waals surface area (Å²) in [5.41, 5.74) is 7.11. The third-order valence-corrected chi connectivity index (χ3v) is 5.41. The number of methoxy groups -OCH3 is 1. The third-order valence-electron chi connectivity index (χ3n) is 5.41. The van der Waals surface area contributed by atoms with Crippen molar-refractivity contribution in [1.82, 2.24) is 4.57 Å². The van der Waals surface area contributed by atoms with Crippen LogP contribution in [0, 0.1) is 13.8 Å². The van der Waals surface area contributed by atoms with Gasteiger partial charge in [0.15, 0.2) is 0 Å². The van der Waals surface area contributed by atoms with Crippen LogP contribution >= 0.6 is 0 Å². The minimum absolute atomic E-state index is 0.00145. The van der Waals surface area contributed by atoms with Crippen LogP contribution < -0.4 is 4.90 Å². The van der Waals surface area contributed by atoms with Gasteiger partial charge in [-0.2, -0.15) is 0 Å². The number of likely N-dealkylation sites (N-methyl/N-ethyl adjacent to an activating group) is 1. The summed E-state index contributed by atoms with van der Waals surface area (Å²) in [6.45, 7) is 4.06. The van der Waals surface area contributed by atoms with Gasteiger partial charge in [-0.05, 0) is 61.9 Å². The van der Waals surface area contributed by atoms with Gasteiger partial charge in [0.05, 0.1) is 18.4 Å². The smallest absolute Gasteiger partial charge is 0.337 e. The molecule has 146 valence electrons. The molecule has 4 rings (SSSR count). The lowest BCUT2D eigenvalue weighted by molar-refractivity contribution is -0.112. The van der Waals surface area contributed by atoms with E-state index in [2.05, 4.69) is 10.6 Å². The van der Waals surface area contributed by atoms with Crippen LogP contribution in [0.15, 0.2) is 54.6 Å². The fourth-order valence-corrected chi connectivity index (χ4v) is 3.89. The molecule has 1 aliphatic heterocycles. The lowest BCUT2D eigenvalue weighted by atomic mass is 10.0. The number of aromatic nitrogens is 1. The summed E-state index contributed by atoms with van der Waals surface area (Å²) in [6.07, 6.45) is 1.96. The molecule has 1 amide bonds. The molecule has 29 heavy (non-hydrogen) atoms. The summed E-state index contributed by atoms with van der Waals surface area (Å²) < 4.78 is 6.88. The number of rotatable bonds is 3. The molecule has 3 aromatic rings. The topological polar surface area (TPSA) is 51.5 Å². The number of hydrogen-bond donors (Lipinski definition) is 0. The Balaban J connectivity index is 1.76. The molecule has 0 bridgehead atoms. The lowest BCUT2D eigenvalue weighted by Crippen LogP contribution is -2.20. The quantitative estimate of drug-likeness (QED) is 0.495. The van der Waals surface area contributed by atoms with E-state index in [4.69, 9.17) is 4.74 Å². The molecular weight excluding hydrogens is 364 g/mol. The molecule has 0 saturated heterocycles. The number of carbonyl (C=O) groups is 2. The van der Waals surface area contributed by atoms with E-state index in [0.717, 1.165) is 33.9 Å². The van der Waals surface area contributed by atoms with Crippen LogP contribution in [0.4, 0.5) is 5.69 Å². The van der Waals surface area contributed by atoms with E-state index in [-0.39, 0.29) is 11.9 Å². The van der Waals surface area contributed by atoms with Gasteiger partial charge in [0.1, 0.15) is 0 Å². The highest BCUT2D eigenvalue weighted by molar-refractivity contribution is 6.35. The lowest BCUT2D eigenvalue weighted by Gasteiger charge is -2.10. The first-order valence-corrected chi connectivity index (χ1v) is 9.39. The van der Waals surface area contributed by atoms with E-state index in [1.54, 1.807) is 24.1 Å². The predicted octanol–water partition coefficient (Wildman–Crippen LogP) is 4.40. The molecule has 2 aromatic carbocycles. The number of nitrogens with zero attached hydrogens (tertiary/aromatic N) is 2. The number of para-hydroxylation sites is 1. The molecule has 5 heteroatoms. The number of fused-ring (bicyclic) bond motifs is 1. The predicted molar refractivity (Wildman–Crippen MR) is 114 cm³/mol. The zero-order chi connectivity index (χ0) is 20.7. The van der Waals surface area contributed by atoms with Crippen molar-refractivity contribution in [2.24, 2.45) is 0 Å². The van der Waals surface area contributed by atoms with E-state index in [1.165, 1.54) is 7.11 Å². The Morgan fingerprint density at radius 1 is 1.03 bits per heavy atom. The number of carbonyl (C=O) groups excluding carboxylic acids is 2. The molecule has 0 spiro atoms. The Morgan fingerprint density at radius 2 is 1.72 bits per heavy atom. The van der Waals surface area contributed by atoms with Crippen LogP contribution in [-0.4, -0.2) is 30.6 Å². The van der Waals surface area contributed by atoms with E-state index in [9.17, 15) is 9.59 Å². The Kier molecular flexibility index (Phi) is 4.59. The van der Waals surface area contributed by atoms with Crippen molar-refractivity contribution in [3.05, 3.63) is 82.7 Å². The average molecular weight is 386 g/mol. The number of ether oxygens (including phenoxy) is 1. The number of aryl methyl sites for hydroxylation is 1. The van der Waals surface area contributed by atoms with Gasteiger partial charge in [0, 0.05) is 35.3 Å². The summed E-state index contributed by atoms with van der Waals surface area (Å²) in [5.74, 6) is -0.358. The Bertz CT molecular complexity index is 1150. The average Bonchev–Trinajstić information content (AvgIpc) is 3.15. The fourth-order valence-electron chi connectivity index (χ4n) is 3.89. The number of amides is 1. The highest BCUT2D eigenvalue weighted by Gasteiger charge is 2.29. The Hall–Kier alpha value is -3.60. The highest BCUT2D eigenvalue weighted by Crippen LogP contribution is 2.37. The summed E-state index contributed by atoms with van der Waals surface area (Å²) in [4.78, 5) is 26.1. The van der Waals surface area contributed by atoms with Crippen molar-refractivity contribution >= 4 is 29.2 Å². The summed E-state index contributed by atoms with van der Waals surface area (Å²) in [7, 11) is 3.17. The maximum absolute atomic E-state index is 12.8. The molecule has 0 fully saturated rings. The monoisotopic (exact) mass is 386 g/mol. The van der Waals surface area contributed by atoms with Gasteiger partial charge < -0.3 is 14.2 Å². The van der Waals surface area contributed by atoms with E-state index in [1.807, 2.05) is 56.3 Å². The second kappa shape index (κ2) is 7.09. The van der Waals surface area contributed by atoms with E-state index in [0.29, 0.717) is 11.1 Å². The zero-order valence-corrected chi connectivity index (χ0v) is 16.9. The molecule has 2 heterocycles. The fraction of sp³-hybridized carbons (Fsp3) is 0.167. The van der Waals surface area contributed by atoms with Crippen LogP contribution in [0.2, 0.25) is 0 Å². The van der Waals surface area contributed by atoms with Gasteiger partial charge in [0.2, 0.25) is 0 Å². The largest absolute Gasteiger partial charge is 0.465 e. The molecule has 1 aliphatic rings. The van der Waals surface area contributed by atoms with Crippen LogP contribution in [0.25, 0.3) is 17.3 Å². The number of hydrogen-bond acceptors (Lipinski definition) is 3. The minimum Gasteiger partial charge on any atom is -0.465 e. The van der Waals surface area contributed by atoms with Crippen molar-refractivity contribution in [2.45, 2.75) is 13.8 Å². The second-order valence-corrected chi connectivity index (χ2v) is 7.14. The van der Waals surface area contributed by atoms with Crippen molar-refractivity contribution in [3.8, 4) is 5.69 Å². The van der Waals surface area contributed by atoms with E-state index >= 15 is 0 Å². The van der Waals surface area contributed by atoms with Crippen molar-refractivity contribution in [1.29, 1.82) is 0 Å². The first-order chi connectivity index (χ1) is 13.9. The van der Waals surface area contributed by atoms with Crippen LogP contribution in [0.1, 0.15) is 32.9 Å². The second-order valence-electron chi connectivity index (χ2n) is 7.14. The molecule has 0 unspecified atom stereocenters. The van der Waals surface area contributed by atoms with Gasteiger partial charge in [-0.1, -0.05) is 18.2 Å². The number of anilines is 1.